The Labute approximate surface area is 124 Å². The van der Waals surface area contributed by atoms with Crippen LogP contribution < -0.4 is 5.32 Å². The summed E-state index contributed by atoms with van der Waals surface area (Å²) in [7, 11) is 0. The van der Waals surface area contributed by atoms with Gasteiger partial charge in [0, 0.05) is 17.3 Å². The van der Waals surface area contributed by atoms with Crippen molar-refractivity contribution >= 4 is 17.2 Å². The van der Waals surface area contributed by atoms with E-state index in [1.165, 1.54) is 0 Å². The lowest BCUT2D eigenvalue weighted by molar-refractivity contribution is -0.120. The van der Waals surface area contributed by atoms with Gasteiger partial charge in [-0.2, -0.15) is 0 Å². The second kappa shape index (κ2) is 6.27. The van der Waals surface area contributed by atoms with Crippen LogP contribution in [0.3, 0.4) is 0 Å². The molecule has 7 heteroatoms. The number of hydrogen-bond donors (Lipinski definition) is 1. The van der Waals surface area contributed by atoms with Gasteiger partial charge >= 0.3 is 0 Å². The van der Waals surface area contributed by atoms with E-state index >= 15 is 0 Å². The van der Waals surface area contributed by atoms with Crippen LogP contribution in [0.25, 0.3) is 11.5 Å². The first-order chi connectivity index (χ1) is 10.3. The number of carbonyl (C=O) groups excluding carboxylic acids is 1. The zero-order chi connectivity index (χ0) is 14.5. The van der Waals surface area contributed by atoms with Crippen molar-refractivity contribution < 1.29 is 9.21 Å². The molecule has 6 nitrogen and oxygen atoms in total. The van der Waals surface area contributed by atoms with Crippen molar-refractivity contribution in [3.63, 3.8) is 0 Å². The number of thiophene rings is 1. The average molecular weight is 300 g/mol. The van der Waals surface area contributed by atoms with Crippen LogP contribution in [0, 0.1) is 0 Å². The highest BCUT2D eigenvalue weighted by Gasteiger charge is 2.10. The maximum Gasteiger partial charge on any atom is 0.249 e. The standard InChI is InChI=1S/C14H12N4O2S/c19-12(7-11-4-2-6-21-11)16-9-13-17-18-14(20-13)10-3-1-5-15-8-10/h1-6,8H,7,9H2,(H,16,19). The number of nitrogens with one attached hydrogen (secondary N) is 1. The fraction of sp³-hybridized carbons (Fsp3) is 0.143. The normalized spacial score (nSPS) is 10.5. The van der Waals surface area contributed by atoms with E-state index in [0.29, 0.717) is 18.2 Å². The molecule has 0 saturated carbocycles. The van der Waals surface area contributed by atoms with Gasteiger partial charge in [-0.05, 0) is 23.6 Å². The molecule has 0 aliphatic carbocycles. The maximum atomic E-state index is 11.8. The molecule has 0 aliphatic heterocycles. The summed E-state index contributed by atoms with van der Waals surface area (Å²) in [6.07, 6.45) is 3.68. The lowest BCUT2D eigenvalue weighted by Gasteiger charge is -2.00. The molecule has 0 aliphatic rings. The van der Waals surface area contributed by atoms with E-state index in [1.807, 2.05) is 23.6 Å². The van der Waals surface area contributed by atoms with Crippen molar-refractivity contribution in [1.29, 1.82) is 0 Å². The molecular weight excluding hydrogens is 288 g/mol. The third-order valence-electron chi connectivity index (χ3n) is 2.73. The Hall–Kier alpha value is -2.54. The fourth-order valence-electron chi connectivity index (χ4n) is 1.74. The van der Waals surface area contributed by atoms with Crippen LogP contribution in [0.15, 0.2) is 46.5 Å². The van der Waals surface area contributed by atoms with Crippen LogP contribution in [0.1, 0.15) is 10.8 Å². The summed E-state index contributed by atoms with van der Waals surface area (Å²) < 4.78 is 5.48. The van der Waals surface area contributed by atoms with E-state index in [1.54, 1.807) is 29.8 Å². The molecule has 0 unspecified atom stereocenters. The van der Waals surface area contributed by atoms with Gasteiger partial charge in [0.2, 0.25) is 17.7 Å². The van der Waals surface area contributed by atoms with Gasteiger partial charge in [-0.3, -0.25) is 9.78 Å². The molecule has 0 fully saturated rings. The molecule has 1 N–H and O–H groups in total. The maximum absolute atomic E-state index is 11.8. The van der Waals surface area contributed by atoms with Crippen molar-refractivity contribution in [2.24, 2.45) is 0 Å². The van der Waals surface area contributed by atoms with Crippen molar-refractivity contribution in [1.82, 2.24) is 20.5 Å². The first-order valence-corrected chi connectivity index (χ1v) is 7.21. The lowest BCUT2D eigenvalue weighted by Crippen LogP contribution is -2.24. The minimum Gasteiger partial charge on any atom is -0.419 e. The Kier molecular flexibility index (Phi) is 4.02. The summed E-state index contributed by atoms with van der Waals surface area (Å²) in [6.45, 7) is 0.220. The smallest absolute Gasteiger partial charge is 0.249 e. The number of nitrogens with zero attached hydrogens (tertiary/aromatic N) is 3. The van der Waals surface area contributed by atoms with Crippen LogP contribution in [-0.2, 0) is 17.8 Å². The van der Waals surface area contributed by atoms with E-state index in [-0.39, 0.29) is 12.5 Å². The minimum atomic E-state index is -0.0708. The predicted molar refractivity (Wildman–Crippen MR) is 77.4 cm³/mol. The molecule has 3 rings (SSSR count). The van der Waals surface area contributed by atoms with Crippen molar-refractivity contribution in [3.05, 3.63) is 52.8 Å². The number of rotatable bonds is 5. The Morgan fingerprint density at radius 3 is 3.00 bits per heavy atom. The molecule has 0 aromatic carbocycles. The highest BCUT2D eigenvalue weighted by molar-refractivity contribution is 7.10. The van der Waals surface area contributed by atoms with Crippen LogP contribution >= 0.6 is 11.3 Å². The Morgan fingerprint density at radius 1 is 1.29 bits per heavy atom. The summed E-state index contributed by atoms with van der Waals surface area (Å²) in [5, 5.41) is 12.5. The Morgan fingerprint density at radius 2 is 2.24 bits per heavy atom. The SMILES string of the molecule is O=C(Cc1cccs1)NCc1nnc(-c2cccnc2)o1. The third kappa shape index (κ3) is 3.51. The summed E-state index contributed by atoms with van der Waals surface area (Å²) >= 11 is 1.56. The van der Waals surface area contributed by atoms with Gasteiger partial charge in [-0.15, -0.1) is 21.5 Å². The van der Waals surface area contributed by atoms with Crippen LogP contribution in [0.5, 0.6) is 0 Å². The van der Waals surface area contributed by atoms with Gasteiger partial charge in [-0.25, -0.2) is 0 Å². The van der Waals surface area contributed by atoms with Gasteiger partial charge in [0.1, 0.15) is 0 Å². The number of amides is 1. The first kappa shape index (κ1) is 13.4. The molecule has 3 aromatic rings. The third-order valence-corrected chi connectivity index (χ3v) is 3.60. The first-order valence-electron chi connectivity index (χ1n) is 6.33. The Bertz CT molecular complexity index is 710. The minimum absolute atomic E-state index is 0.0708. The van der Waals surface area contributed by atoms with Crippen molar-refractivity contribution in [2.45, 2.75) is 13.0 Å². The van der Waals surface area contributed by atoms with Crippen LogP contribution in [-0.4, -0.2) is 21.1 Å². The monoisotopic (exact) mass is 300 g/mol. The van der Waals surface area contributed by atoms with Gasteiger partial charge in [0.15, 0.2) is 0 Å². The molecule has 3 heterocycles. The van der Waals surface area contributed by atoms with E-state index in [2.05, 4.69) is 20.5 Å². The van der Waals surface area contributed by atoms with Gasteiger partial charge < -0.3 is 9.73 Å². The van der Waals surface area contributed by atoms with Gasteiger partial charge in [0.25, 0.3) is 0 Å². The highest BCUT2D eigenvalue weighted by Crippen LogP contribution is 2.15. The molecule has 106 valence electrons. The molecule has 21 heavy (non-hydrogen) atoms. The van der Waals surface area contributed by atoms with E-state index in [0.717, 1.165) is 10.4 Å². The van der Waals surface area contributed by atoms with E-state index in [4.69, 9.17) is 4.42 Å². The van der Waals surface area contributed by atoms with Crippen molar-refractivity contribution in [2.75, 3.05) is 0 Å². The number of carbonyl (C=O) groups is 1. The molecule has 0 radical (unpaired) electrons. The summed E-state index contributed by atoms with van der Waals surface area (Å²) in [6, 6.07) is 7.48. The molecule has 1 amide bonds. The zero-order valence-electron chi connectivity index (χ0n) is 11.0. The molecule has 0 atom stereocenters. The van der Waals surface area contributed by atoms with Crippen LogP contribution in [0.2, 0.25) is 0 Å². The number of aromatic nitrogens is 3. The zero-order valence-corrected chi connectivity index (χ0v) is 11.8. The van der Waals surface area contributed by atoms with E-state index in [9.17, 15) is 4.79 Å². The number of hydrogen-bond acceptors (Lipinski definition) is 6. The predicted octanol–water partition coefficient (Wildman–Crippen LogP) is 2.05. The molecule has 3 aromatic heterocycles. The summed E-state index contributed by atoms with van der Waals surface area (Å²) in [5.41, 5.74) is 0.751. The lowest BCUT2D eigenvalue weighted by atomic mass is 10.3. The second-order valence-electron chi connectivity index (χ2n) is 4.28. The topological polar surface area (TPSA) is 80.9 Å². The van der Waals surface area contributed by atoms with Gasteiger partial charge in [-0.1, -0.05) is 6.07 Å². The highest BCUT2D eigenvalue weighted by atomic mass is 32.1. The molecule has 0 saturated heterocycles. The molecule has 0 bridgehead atoms. The number of pyridine rings is 1. The molecular formula is C14H12N4O2S. The largest absolute Gasteiger partial charge is 0.419 e. The fourth-order valence-corrected chi connectivity index (χ4v) is 2.44. The quantitative estimate of drug-likeness (QED) is 0.780. The second-order valence-corrected chi connectivity index (χ2v) is 5.31. The summed E-state index contributed by atoms with van der Waals surface area (Å²) in [5.74, 6) is 0.692. The Balaban J connectivity index is 1.56. The van der Waals surface area contributed by atoms with E-state index < -0.39 is 0 Å². The molecule has 0 spiro atoms. The average Bonchev–Trinajstić information content (AvgIpc) is 3.17. The van der Waals surface area contributed by atoms with Crippen molar-refractivity contribution in [3.8, 4) is 11.5 Å². The van der Waals surface area contributed by atoms with Crippen LogP contribution in [0.4, 0.5) is 0 Å². The summed E-state index contributed by atoms with van der Waals surface area (Å²) in [4.78, 5) is 16.8. The van der Waals surface area contributed by atoms with Gasteiger partial charge in [0.05, 0.1) is 18.5 Å².